The lowest BCUT2D eigenvalue weighted by Crippen LogP contribution is -2.44. The van der Waals surface area contributed by atoms with Crippen molar-refractivity contribution >= 4 is 11.6 Å². The highest BCUT2D eigenvalue weighted by Crippen LogP contribution is 2.57. The van der Waals surface area contributed by atoms with Gasteiger partial charge in [-0.2, -0.15) is 15.8 Å². The predicted octanol–water partition coefficient (Wildman–Crippen LogP) is 5.21. The Morgan fingerprint density at radius 2 is 1.71 bits per heavy atom. The Bertz CT molecular complexity index is 960. The molecule has 3 atom stereocenters. The zero-order valence-corrected chi connectivity index (χ0v) is 17.1. The molecule has 2 aliphatic rings. The van der Waals surface area contributed by atoms with Crippen molar-refractivity contribution in [1.29, 1.82) is 15.8 Å². The minimum atomic E-state index is -1.58. The zero-order valence-electron chi connectivity index (χ0n) is 16.3. The molecule has 5 heteroatoms. The van der Waals surface area contributed by atoms with Crippen LogP contribution < -0.4 is 5.73 Å². The summed E-state index contributed by atoms with van der Waals surface area (Å²) in [5, 5.41) is 30.5. The van der Waals surface area contributed by atoms with E-state index in [4.69, 9.17) is 17.3 Å². The van der Waals surface area contributed by atoms with Gasteiger partial charge in [0, 0.05) is 10.9 Å². The van der Waals surface area contributed by atoms with Gasteiger partial charge in [0.05, 0.1) is 23.4 Å². The third-order valence-corrected chi connectivity index (χ3v) is 6.58. The van der Waals surface area contributed by atoms with Crippen molar-refractivity contribution < 1.29 is 0 Å². The van der Waals surface area contributed by atoms with E-state index in [1.54, 1.807) is 12.1 Å². The van der Waals surface area contributed by atoms with Crippen molar-refractivity contribution in [2.24, 2.45) is 28.4 Å². The molecule has 0 saturated carbocycles. The second kappa shape index (κ2) is 7.01. The molecular formula is C23H23ClN4. The Morgan fingerprint density at radius 3 is 2.21 bits per heavy atom. The van der Waals surface area contributed by atoms with Crippen LogP contribution >= 0.6 is 11.6 Å². The molecule has 0 fully saturated rings. The third kappa shape index (κ3) is 2.97. The fourth-order valence-electron chi connectivity index (χ4n) is 4.64. The molecule has 1 aromatic rings. The Hall–Kier alpha value is -2.74. The molecule has 2 N–H and O–H groups in total. The van der Waals surface area contributed by atoms with Crippen LogP contribution in [0.25, 0.3) is 0 Å². The number of hydrogen-bond donors (Lipinski definition) is 1. The number of halogens is 1. The molecule has 142 valence electrons. The summed E-state index contributed by atoms with van der Waals surface area (Å²) in [5.41, 5.74) is 6.90. The van der Waals surface area contributed by atoms with Gasteiger partial charge in [0.1, 0.15) is 6.07 Å². The lowest BCUT2D eigenvalue weighted by Gasteiger charge is -2.47. The van der Waals surface area contributed by atoms with Gasteiger partial charge in [0.15, 0.2) is 5.41 Å². The summed E-state index contributed by atoms with van der Waals surface area (Å²) in [6, 6.07) is 13.8. The van der Waals surface area contributed by atoms with Crippen LogP contribution in [-0.4, -0.2) is 0 Å². The van der Waals surface area contributed by atoms with Crippen LogP contribution in [0.4, 0.5) is 0 Å². The van der Waals surface area contributed by atoms with E-state index >= 15 is 0 Å². The number of nitrogens with two attached hydrogens (primary N) is 1. The van der Waals surface area contributed by atoms with Crippen molar-refractivity contribution in [2.45, 2.75) is 39.5 Å². The van der Waals surface area contributed by atoms with Crippen LogP contribution in [0.2, 0.25) is 5.02 Å². The normalized spacial score (nSPS) is 26.3. The Balaban J connectivity index is 2.29. The number of nitriles is 3. The summed E-state index contributed by atoms with van der Waals surface area (Å²) in [7, 11) is 0. The molecule has 0 aliphatic heterocycles. The number of benzene rings is 1. The van der Waals surface area contributed by atoms with Crippen LogP contribution in [0.5, 0.6) is 0 Å². The van der Waals surface area contributed by atoms with Gasteiger partial charge in [-0.05, 0) is 53.4 Å². The van der Waals surface area contributed by atoms with Crippen LogP contribution in [0, 0.1) is 56.7 Å². The Labute approximate surface area is 171 Å². The molecule has 1 aromatic carbocycles. The van der Waals surface area contributed by atoms with E-state index in [1.807, 2.05) is 12.1 Å². The molecule has 3 rings (SSSR count). The van der Waals surface area contributed by atoms with E-state index in [0.29, 0.717) is 16.5 Å². The van der Waals surface area contributed by atoms with Gasteiger partial charge in [-0.15, -0.1) is 0 Å². The third-order valence-electron chi connectivity index (χ3n) is 6.33. The minimum absolute atomic E-state index is 0.0664. The van der Waals surface area contributed by atoms with Gasteiger partial charge >= 0.3 is 0 Å². The predicted molar refractivity (Wildman–Crippen MR) is 108 cm³/mol. The van der Waals surface area contributed by atoms with E-state index in [-0.39, 0.29) is 17.0 Å². The molecule has 0 amide bonds. The van der Waals surface area contributed by atoms with Crippen molar-refractivity contribution in [3.8, 4) is 18.2 Å². The monoisotopic (exact) mass is 390 g/mol. The summed E-state index contributed by atoms with van der Waals surface area (Å²) >= 11 is 6.07. The summed E-state index contributed by atoms with van der Waals surface area (Å²) < 4.78 is 0. The largest absolute Gasteiger partial charge is 0.399 e. The molecule has 2 aliphatic carbocycles. The standard InChI is InChI=1S/C23H23ClN4/c1-22(2,3)15-6-9-17-18(10-15)20(14-4-7-16(24)8-5-14)23(12-26,13-27)21(28)19(17)11-25/h4-5,7-9,15,18,20H,6,10,28H2,1-3H3/t15-,18-,20+/m0/s1. The maximum atomic E-state index is 10.1. The van der Waals surface area contributed by atoms with E-state index in [1.165, 1.54) is 0 Å². The maximum Gasteiger partial charge on any atom is 0.191 e. The van der Waals surface area contributed by atoms with Crippen molar-refractivity contribution in [3.63, 3.8) is 0 Å². The SMILES string of the molecule is CC(C)(C)[C@H]1CC=C2C(C#N)=C(N)C(C#N)(C#N)[C@H](c3ccc(Cl)cc3)[C@H]2C1. The number of hydrogen-bond acceptors (Lipinski definition) is 4. The highest BCUT2D eigenvalue weighted by Gasteiger charge is 2.54. The minimum Gasteiger partial charge on any atom is -0.399 e. The first-order chi connectivity index (χ1) is 13.2. The second-order valence-electron chi connectivity index (χ2n) is 8.76. The Morgan fingerprint density at radius 1 is 1.11 bits per heavy atom. The average molecular weight is 391 g/mol. The smallest absolute Gasteiger partial charge is 0.191 e. The number of nitrogens with zero attached hydrogens (tertiary/aromatic N) is 3. The fourth-order valence-corrected chi connectivity index (χ4v) is 4.77. The molecule has 0 bridgehead atoms. The first-order valence-electron chi connectivity index (χ1n) is 9.38. The molecule has 0 saturated heterocycles. The van der Waals surface area contributed by atoms with Gasteiger partial charge in [-0.25, -0.2) is 0 Å². The average Bonchev–Trinajstić information content (AvgIpc) is 2.67. The number of rotatable bonds is 1. The number of allylic oxidation sites excluding steroid dienone is 4. The van der Waals surface area contributed by atoms with Gasteiger partial charge in [-0.3, -0.25) is 0 Å². The zero-order chi connectivity index (χ0) is 20.7. The Kier molecular flexibility index (Phi) is 5.01. The van der Waals surface area contributed by atoms with Crippen molar-refractivity contribution in [3.05, 3.63) is 57.8 Å². The summed E-state index contributed by atoms with van der Waals surface area (Å²) in [6.07, 6.45) is 3.75. The molecule has 28 heavy (non-hydrogen) atoms. The summed E-state index contributed by atoms with van der Waals surface area (Å²) in [4.78, 5) is 0. The fraction of sp³-hybridized carbons (Fsp3) is 0.435. The number of fused-ring (bicyclic) bond motifs is 1. The van der Waals surface area contributed by atoms with Crippen molar-refractivity contribution in [2.75, 3.05) is 0 Å². The van der Waals surface area contributed by atoms with Gasteiger partial charge < -0.3 is 5.73 Å². The van der Waals surface area contributed by atoms with Crippen LogP contribution in [-0.2, 0) is 0 Å². The van der Waals surface area contributed by atoms with E-state index in [0.717, 1.165) is 24.0 Å². The molecule has 0 unspecified atom stereocenters. The first-order valence-corrected chi connectivity index (χ1v) is 9.76. The topological polar surface area (TPSA) is 97.4 Å². The maximum absolute atomic E-state index is 10.1. The van der Waals surface area contributed by atoms with Crippen LogP contribution in [0.15, 0.2) is 47.2 Å². The molecular weight excluding hydrogens is 368 g/mol. The van der Waals surface area contributed by atoms with E-state index < -0.39 is 11.3 Å². The van der Waals surface area contributed by atoms with Gasteiger partial charge in [0.2, 0.25) is 0 Å². The van der Waals surface area contributed by atoms with Crippen LogP contribution in [0.1, 0.15) is 45.1 Å². The molecule has 4 nitrogen and oxygen atoms in total. The lowest BCUT2D eigenvalue weighted by molar-refractivity contribution is 0.170. The quantitative estimate of drug-likeness (QED) is 0.711. The second-order valence-corrected chi connectivity index (χ2v) is 9.20. The van der Waals surface area contributed by atoms with Crippen molar-refractivity contribution in [1.82, 2.24) is 0 Å². The summed E-state index contributed by atoms with van der Waals surface area (Å²) in [6.45, 7) is 6.61. The molecule has 0 radical (unpaired) electrons. The molecule has 0 heterocycles. The highest BCUT2D eigenvalue weighted by atomic mass is 35.5. The van der Waals surface area contributed by atoms with E-state index in [2.05, 4.69) is 45.1 Å². The summed E-state index contributed by atoms with van der Waals surface area (Å²) in [5.74, 6) is -0.195. The molecule has 0 aromatic heterocycles. The van der Waals surface area contributed by atoms with Crippen LogP contribution in [0.3, 0.4) is 0 Å². The van der Waals surface area contributed by atoms with Gasteiger partial charge in [-0.1, -0.05) is 50.6 Å². The van der Waals surface area contributed by atoms with Gasteiger partial charge in [0.25, 0.3) is 0 Å². The first kappa shape index (κ1) is 20.0. The molecule has 0 spiro atoms. The highest BCUT2D eigenvalue weighted by molar-refractivity contribution is 6.30. The van der Waals surface area contributed by atoms with E-state index in [9.17, 15) is 15.8 Å². The lowest BCUT2D eigenvalue weighted by atomic mass is 9.54.